The van der Waals surface area contributed by atoms with Gasteiger partial charge >= 0.3 is 5.97 Å². The molecule has 0 bridgehead atoms. The third-order valence-corrected chi connectivity index (χ3v) is 3.71. The van der Waals surface area contributed by atoms with Gasteiger partial charge in [-0.1, -0.05) is 12.1 Å². The summed E-state index contributed by atoms with van der Waals surface area (Å²) in [5, 5.41) is 8.80. The number of aliphatic carboxylic acids is 1. The Bertz CT molecular complexity index is 425. The fourth-order valence-electron chi connectivity index (χ4n) is 2.62. The quantitative estimate of drug-likeness (QED) is 0.886. The van der Waals surface area contributed by atoms with Gasteiger partial charge in [0.2, 0.25) is 0 Å². The lowest BCUT2D eigenvalue weighted by Gasteiger charge is -2.31. The Morgan fingerprint density at radius 2 is 2.16 bits per heavy atom. The van der Waals surface area contributed by atoms with Crippen molar-refractivity contribution in [3.63, 3.8) is 0 Å². The van der Waals surface area contributed by atoms with Crippen molar-refractivity contribution in [1.29, 1.82) is 0 Å². The van der Waals surface area contributed by atoms with Gasteiger partial charge in [0.05, 0.1) is 7.11 Å². The first-order chi connectivity index (χ1) is 9.17. The van der Waals surface area contributed by atoms with E-state index in [-0.39, 0.29) is 0 Å². The first kappa shape index (κ1) is 13.9. The zero-order valence-electron chi connectivity index (χ0n) is 11.3. The Hall–Kier alpha value is -1.55. The number of carboxylic acid groups (broad SMARTS) is 1. The van der Waals surface area contributed by atoms with Gasteiger partial charge in [0.1, 0.15) is 5.75 Å². The molecule has 1 aromatic rings. The summed E-state index contributed by atoms with van der Waals surface area (Å²) in [5.74, 6) is 0.559. The number of hydrogen-bond donors (Lipinski definition) is 1. The van der Waals surface area contributed by atoms with Gasteiger partial charge in [0, 0.05) is 13.0 Å². The van der Waals surface area contributed by atoms with Crippen LogP contribution in [0.2, 0.25) is 0 Å². The number of methoxy groups -OCH3 is 1. The fraction of sp³-hybridized carbons (Fsp3) is 0.533. The number of carbonyl (C=O) groups is 1. The molecule has 4 nitrogen and oxygen atoms in total. The van der Waals surface area contributed by atoms with E-state index >= 15 is 0 Å². The summed E-state index contributed by atoms with van der Waals surface area (Å²) in [6, 6.07) is 8.11. The van der Waals surface area contributed by atoms with Gasteiger partial charge in [-0.2, -0.15) is 0 Å². The first-order valence-electron chi connectivity index (χ1n) is 6.74. The van der Waals surface area contributed by atoms with Crippen molar-refractivity contribution in [2.24, 2.45) is 5.92 Å². The molecule has 1 aliphatic rings. The second kappa shape index (κ2) is 6.57. The highest BCUT2D eigenvalue weighted by Gasteiger charge is 2.21. The number of ether oxygens (including phenoxy) is 1. The number of hydrogen-bond acceptors (Lipinski definition) is 3. The minimum absolute atomic E-state index is 0.312. The van der Waals surface area contributed by atoms with Crippen molar-refractivity contribution in [3.8, 4) is 5.75 Å². The van der Waals surface area contributed by atoms with Gasteiger partial charge in [-0.05, 0) is 49.5 Å². The summed E-state index contributed by atoms with van der Waals surface area (Å²) in [6.45, 7) is 2.88. The zero-order valence-corrected chi connectivity index (χ0v) is 11.3. The zero-order chi connectivity index (χ0) is 13.7. The maximum Gasteiger partial charge on any atom is 0.303 e. The normalized spacial score (nSPS) is 17.3. The molecule has 0 aliphatic carbocycles. The third kappa shape index (κ3) is 4.24. The Kier molecular flexibility index (Phi) is 4.80. The molecule has 0 saturated carbocycles. The van der Waals surface area contributed by atoms with Crippen LogP contribution in [0.25, 0.3) is 0 Å². The van der Waals surface area contributed by atoms with Crippen LogP contribution in [0.4, 0.5) is 0 Å². The van der Waals surface area contributed by atoms with Crippen LogP contribution in [0.15, 0.2) is 24.3 Å². The lowest BCUT2D eigenvalue weighted by atomic mass is 9.93. The molecular weight excluding hydrogens is 242 g/mol. The topological polar surface area (TPSA) is 49.8 Å². The van der Waals surface area contributed by atoms with Crippen LogP contribution in [0, 0.1) is 5.92 Å². The maximum absolute atomic E-state index is 10.7. The SMILES string of the molecule is COc1cccc(CN2CCC(CC(=O)O)CC2)c1. The monoisotopic (exact) mass is 263 g/mol. The number of likely N-dealkylation sites (tertiary alicyclic amines) is 1. The Morgan fingerprint density at radius 3 is 2.79 bits per heavy atom. The summed E-state index contributed by atoms with van der Waals surface area (Å²) >= 11 is 0. The average Bonchev–Trinajstić information content (AvgIpc) is 2.41. The van der Waals surface area contributed by atoms with E-state index in [1.54, 1.807) is 7.11 Å². The Labute approximate surface area is 114 Å². The van der Waals surface area contributed by atoms with E-state index in [9.17, 15) is 4.79 Å². The molecule has 0 amide bonds. The highest BCUT2D eigenvalue weighted by atomic mass is 16.5. The van der Waals surface area contributed by atoms with Crippen LogP contribution in [-0.2, 0) is 11.3 Å². The molecule has 19 heavy (non-hydrogen) atoms. The summed E-state index contributed by atoms with van der Waals surface area (Å²) in [4.78, 5) is 13.1. The third-order valence-electron chi connectivity index (χ3n) is 3.71. The second-order valence-electron chi connectivity index (χ2n) is 5.17. The van der Waals surface area contributed by atoms with Crippen LogP contribution in [0.5, 0.6) is 5.75 Å². The molecule has 104 valence electrons. The smallest absolute Gasteiger partial charge is 0.303 e. The summed E-state index contributed by atoms with van der Waals surface area (Å²) in [6.07, 6.45) is 2.28. The van der Waals surface area contributed by atoms with E-state index in [1.165, 1.54) is 5.56 Å². The average molecular weight is 263 g/mol. The van der Waals surface area contributed by atoms with Gasteiger partial charge in [0.25, 0.3) is 0 Å². The molecule has 2 rings (SSSR count). The molecule has 0 radical (unpaired) electrons. The van der Waals surface area contributed by atoms with E-state index < -0.39 is 5.97 Å². The second-order valence-corrected chi connectivity index (χ2v) is 5.17. The van der Waals surface area contributed by atoms with Crippen LogP contribution < -0.4 is 4.74 Å². The number of nitrogens with zero attached hydrogens (tertiary/aromatic N) is 1. The van der Waals surface area contributed by atoms with E-state index in [1.807, 2.05) is 12.1 Å². The minimum atomic E-state index is -0.675. The van der Waals surface area contributed by atoms with Gasteiger partial charge < -0.3 is 9.84 Å². The molecule has 1 saturated heterocycles. The van der Waals surface area contributed by atoms with Crippen molar-refractivity contribution in [1.82, 2.24) is 4.90 Å². The lowest BCUT2D eigenvalue weighted by Crippen LogP contribution is -2.33. The van der Waals surface area contributed by atoms with Crippen molar-refractivity contribution >= 4 is 5.97 Å². The minimum Gasteiger partial charge on any atom is -0.497 e. The molecular formula is C15H21NO3. The predicted molar refractivity (Wildman–Crippen MR) is 73.2 cm³/mol. The van der Waals surface area contributed by atoms with Gasteiger partial charge in [0.15, 0.2) is 0 Å². The van der Waals surface area contributed by atoms with E-state index in [0.717, 1.165) is 38.2 Å². The van der Waals surface area contributed by atoms with Crippen molar-refractivity contribution < 1.29 is 14.6 Å². The van der Waals surface area contributed by atoms with Gasteiger partial charge in [-0.15, -0.1) is 0 Å². The lowest BCUT2D eigenvalue weighted by molar-refractivity contribution is -0.138. The van der Waals surface area contributed by atoms with Crippen molar-refractivity contribution in [2.45, 2.75) is 25.8 Å². The largest absolute Gasteiger partial charge is 0.497 e. The molecule has 1 heterocycles. The first-order valence-corrected chi connectivity index (χ1v) is 6.74. The summed E-state index contributed by atoms with van der Waals surface area (Å²) in [7, 11) is 1.68. The van der Waals surface area contributed by atoms with Crippen molar-refractivity contribution in [2.75, 3.05) is 20.2 Å². The Balaban J connectivity index is 1.83. The van der Waals surface area contributed by atoms with Crippen LogP contribution in [0.1, 0.15) is 24.8 Å². The number of carboxylic acids is 1. The highest BCUT2D eigenvalue weighted by Crippen LogP contribution is 2.22. The van der Waals surface area contributed by atoms with Gasteiger partial charge in [-0.25, -0.2) is 0 Å². The maximum atomic E-state index is 10.7. The molecule has 4 heteroatoms. The molecule has 0 atom stereocenters. The molecule has 0 aromatic heterocycles. The molecule has 0 unspecified atom stereocenters. The van der Waals surface area contributed by atoms with Crippen LogP contribution >= 0.6 is 0 Å². The number of piperidine rings is 1. The Morgan fingerprint density at radius 1 is 1.42 bits per heavy atom. The number of benzene rings is 1. The van der Waals surface area contributed by atoms with Gasteiger partial charge in [-0.3, -0.25) is 9.69 Å². The van der Waals surface area contributed by atoms with E-state index in [2.05, 4.69) is 17.0 Å². The van der Waals surface area contributed by atoms with Crippen molar-refractivity contribution in [3.05, 3.63) is 29.8 Å². The van der Waals surface area contributed by atoms with Crippen LogP contribution in [-0.4, -0.2) is 36.2 Å². The highest BCUT2D eigenvalue weighted by molar-refractivity contribution is 5.67. The van der Waals surface area contributed by atoms with E-state index in [4.69, 9.17) is 9.84 Å². The van der Waals surface area contributed by atoms with Crippen LogP contribution in [0.3, 0.4) is 0 Å². The summed E-state index contributed by atoms with van der Waals surface area (Å²) in [5.41, 5.74) is 1.25. The molecule has 1 aromatic carbocycles. The molecule has 1 N–H and O–H groups in total. The molecule has 1 aliphatic heterocycles. The predicted octanol–water partition coefficient (Wildman–Crippen LogP) is 2.38. The number of rotatable bonds is 5. The van der Waals surface area contributed by atoms with E-state index in [0.29, 0.717) is 12.3 Å². The standard InChI is InChI=1S/C15H21NO3/c1-19-14-4-2-3-13(9-14)11-16-7-5-12(6-8-16)10-15(17)18/h2-4,9,12H,5-8,10-11H2,1H3,(H,17,18). The summed E-state index contributed by atoms with van der Waals surface area (Å²) < 4.78 is 5.22. The fourth-order valence-corrected chi connectivity index (χ4v) is 2.62. The molecule has 1 fully saturated rings. The molecule has 0 spiro atoms.